The van der Waals surface area contributed by atoms with Gasteiger partial charge in [-0.05, 0) is 41.2 Å². The Morgan fingerprint density at radius 3 is 2.23 bits per heavy atom. The highest BCUT2D eigenvalue weighted by molar-refractivity contribution is 8.18. The molecule has 2 unspecified atom stereocenters. The molecule has 0 radical (unpaired) electrons. The lowest BCUT2D eigenvalue weighted by Gasteiger charge is -2.36. The third-order valence-corrected chi connectivity index (χ3v) is 12.0. The Morgan fingerprint density at radius 1 is 1.00 bits per heavy atom. The van der Waals surface area contributed by atoms with E-state index < -0.39 is 81.7 Å². The third kappa shape index (κ3) is 12.1. The number of nitrogens with one attached hydrogen (secondary N) is 4. The fourth-order valence-electron chi connectivity index (χ4n) is 5.84. The van der Waals surface area contributed by atoms with Gasteiger partial charge in [0.15, 0.2) is 6.04 Å². The quantitative estimate of drug-likeness (QED) is 0.155. The van der Waals surface area contributed by atoms with Crippen LogP contribution in [0.4, 0.5) is 4.79 Å². The second-order valence-corrected chi connectivity index (χ2v) is 17.8. The van der Waals surface area contributed by atoms with E-state index in [9.17, 15) is 38.7 Å². The smallest absolute Gasteiger partial charge is 0.407 e. The van der Waals surface area contributed by atoms with E-state index in [1.165, 1.54) is 17.0 Å². The first-order chi connectivity index (χ1) is 24.5. The lowest BCUT2D eigenvalue weighted by molar-refractivity contribution is -0.144. The zero-order valence-corrected chi connectivity index (χ0v) is 32.5. The number of aliphatic carboxylic acids is 1. The van der Waals surface area contributed by atoms with Crippen molar-refractivity contribution in [2.24, 2.45) is 11.3 Å². The first-order valence-corrected chi connectivity index (χ1v) is 19.7. The van der Waals surface area contributed by atoms with Gasteiger partial charge >= 0.3 is 12.1 Å². The Hall–Kier alpha value is -3.79. The SMILES string of the molecule is CCCCC(NC(=O)[C@@H]1CC2(CN1C(=O)[C@@H](NC(=O)OCC(C)C)C(C)(C)C)SCCCS2)C(=O)C(=O)NCC(=O)NC(C(=O)O)c1ccccc1. The van der Waals surface area contributed by atoms with Crippen LogP contribution < -0.4 is 21.3 Å². The molecule has 0 saturated carbocycles. The number of Topliss-reactive ketones (excluding diaryl/α,β-unsaturated/α-hetero) is 1. The first-order valence-electron chi connectivity index (χ1n) is 17.7. The van der Waals surface area contributed by atoms with E-state index in [4.69, 9.17) is 4.74 Å². The maximum Gasteiger partial charge on any atom is 0.407 e. The molecule has 52 heavy (non-hydrogen) atoms. The Bertz CT molecular complexity index is 1450. The lowest BCUT2D eigenvalue weighted by Crippen LogP contribution is -2.59. The molecule has 1 spiro atoms. The number of carboxylic acid groups (broad SMARTS) is 1. The molecule has 288 valence electrons. The van der Waals surface area contributed by atoms with Crippen LogP contribution in [0.5, 0.6) is 0 Å². The number of rotatable bonds is 16. The van der Waals surface area contributed by atoms with E-state index in [2.05, 4.69) is 21.3 Å². The molecule has 16 heteroatoms. The molecule has 2 saturated heterocycles. The average molecular weight is 764 g/mol. The van der Waals surface area contributed by atoms with Gasteiger partial charge in [-0.3, -0.25) is 24.0 Å². The van der Waals surface area contributed by atoms with Crippen molar-refractivity contribution in [3.8, 4) is 0 Å². The molecule has 2 aliphatic rings. The van der Waals surface area contributed by atoms with Gasteiger partial charge in [-0.25, -0.2) is 9.59 Å². The van der Waals surface area contributed by atoms with Crippen LogP contribution in [-0.4, -0.2) is 105 Å². The largest absolute Gasteiger partial charge is 0.479 e. The summed E-state index contributed by atoms with van der Waals surface area (Å²) in [5, 5.41) is 19.7. The molecule has 0 bridgehead atoms. The number of unbranched alkanes of at least 4 members (excludes halogenated alkanes) is 1. The molecular weight excluding hydrogens is 711 g/mol. The molecule has 2 heterocycles. The van der Waals surface area contributed by atoms with Crippen molar-refractivity contribution < 1.29 is 43.4 Å². The summed E-state index contributed by atoms with van der Waals surface area (Å²) >= 11 is 3.38. The number of ketones is 1. The monoisotopic (exact) mass is 763 g/mol. The Balaban J connectivity index is 1.77. The number of likely N-dealkylation sites (tertiary alicyclic amines) is 1. The molecule has 3 rings (SSSR count). The molecule has 2 fully saturated rings. The van der Waals surface area contributed by atoms with Crippen molar-refractivity contribution in [2.75, 3.05) is 31.2 Å². The number of carboxylic acids is 1. The first kappa shape index (κ1) is 42.6. The van der Waals surface area contributed by atoms with Gasteiger partial charge in [0.25, 0.3) is 5.91 Å². The van der Waals surface area contributed by atoms with Crippen LogP contribution in [0.2, 0.25) is 0 Å². The molecule has 0 aromatic heterocycles. The van der Waals surface area contributed by atoms with E-state index in [0.29, 0.717) is 24.8 Å². The van der Waals surface area contributed by atoms with E-state index >= 15 is 0 Å². The summed E-state index contributed by atoms with van der Waals surface area (Å²) < 4.78 is 4.85. The number of carbonyl (C=O) groups is 7. The van der Waals surface area contributed by atoms with Gasteiger partial charge in [-0.2, -0.15) is 0 Å². The Kier molecular flexibility index (Phi) is 15.8. The summed E-state index contributed by atoms with van der Waals surface area (Å²) in [4.78, 5) is 93.5. The minimum Gasteiger partial charge on any atom is -0.479 e. The summed E-state index contributed by atoms with van der Waals surface area (Å²) in [5.41, 5.74) is -0.414. The highest BCUT2D eigenvalue weighted by Gasteiger charge is 2.53. The number of alkyl carbamates (subject to hydrolysis) is 1. The van der Waals surface area contributed by atoms with Crippen molar-refractivity contribution in [3.63, 3.8) is 0 Å². The van der Waals surface area contributed by atoms with Crippen LogP contribution in [0.15, 0.2) is 30.3 Å². The predicted molar refractivity (Wildman–Crippen MR) is 199 cm³/mol. The standard InChI is InChI=1S/C36H53N5O9S2/c1-7-8-15-24(28(43)31(45)37-19-26(42)39-27(33(47)48)23-13-10-9-11-14-23)38-30(44)25-18-36(51-16-12-17-52-36)21-41(25)32(46)29(35(4,5)6)40-34(49)50-20-22(2)3/h9-11,13-14,22,24-25,27,29H,7-8,12,15-21H2,1-6H3,(H,37,45)(H,38,44)(H,39,42)(H,40,49)(H,47,48)/t24?,25-,27?,29+/m0/s1. The van der Waals surface area contributed by atoms with Crippen LogP contribution in [0.25, 0.3) is 0 Å². The van der Waals surface area contributed by atoms with Gasteiger partial charge in [-0.15, -0.1) is 23.5 Å². The fraction of sp³-hybridized carbons (Fsp3) is 0.639. The normalized spacial score (nSPS) is 18.5. The van der Waals surface area contributed by atoms with Gasteiger partial charge in [0, 0.05) is 13.0 Å². The number of benzene rings is 1. The van der Waals surface area contributed by atoms with Crippen LogP contribution in [0.1, 0.15) is 85.3 Å². The molecule has 2 aliphatic heterocycles. The number of ether oxygens (including phenoxy) is 1. The number of thioether (sulfide) groups is 2. The summed E-state index contributed by atoms with van der Waals surface area (Å²) in [6, 6.07) is 3.42. The minimum absolute atomic E-state index is 0.0907. The van der Waals surface area contributed by atoms with E-state index in [-0.39, 0.29) is 25.5 Å². The summed E-state index contributed by atoms with van der Waals surface area (Å²) in [6.45, 7) is 10.9. The van der Waals surface area contributed by atoms with E-state index in [1.807, 2.05) is 41.5 Å². The topological polar surface area (TPSA) is 200 Å². The highest BCUT2D eigenvalue weighted by atomic mass is 32.2. The summed E-state index contributed by atoms with van der Waals surface area (Å²) in [7, 11) is 0. The number of hydrogen-bond donors (Lipinski definition) is 5. The third-order valence-electron chi connectivity index (χ3n) is 8.62. The number of amides is 5. The van der Waals surface area contributed by atoms with Crippen molar-refractivity contribution in [1.29, 1.82) is 0 Å². The van der Waals surface area contributed by atoms with Crippen LogP contribution in [0, 0.1) is 11.3 Å². The number of carbonyl (C=O) groups excluding carboxylic acids is 6. The van der Waals surface area contributed by atoms with Crippen LogP contribution in [-0.2, 0) is 33.5 Å². The molecule has 5 amide bonds. The number of nitrogens with zero attached hydrogens (tertiary/aromatic N) is 1. The molecule has 1 aromatic rings. The van der Waals surface area contributed by atoms with Crippen LogP contribution in [0.3, 0.4) is 0 Å². The summed E-state index contributed by atoms with van der Waals surface area (Å²) in [5.74, 6) is -3.46. The van der Waals surface area contributed by atoms with Gasteiger partial charge in [0.05, 0.1) is 23.3 Å². The zero-order chi connectivity index (χ0) is 38.6. The Labute approximate surface area is 314 Å². The predicted octanol–water partition coefficient (Wildman–Crippen LogP) is 3.25. The molecule has 4 atom stereocenters. The highest BCUT2D eigenvalue weighted by Crippen LogP contribution is 2.50. The van der Waals surface area contributed by atoms with E-state index in [0.717, 1.165) is 17.9 Å². The van der Waals surface area contributed by atoms with Gasteiger partial charge in [0.1, 0.15) is 12.1 Å². The minimum atomic E-state index is -1.36. The molecule has 14 nitrogen and oxygen atoms in total. The number of hydrogen-bond acceptors (Lipinski definition) is 10. The second-order valence-electron chi connectivity index (χ2n) is 14.6. The van der Waals surface area contributed by atoms with Crippen molar-refractivity contribution in [2.45, 2.75) is 102 Å². The lowest BCUT2D eigenvalue weighted by atomic mass is 9.85. The van der Waals surface area contributed by atoms with Crippen LogP contribution >= 0.6 is 23.5 Å². The molecule has 5 N–H and O–H groups in total. The zero-order valence-electron chi connectivity index (χ0n) is 30.8. The molecular formula is C36H53N5O9S2. The van der Waals surface area contributed by atoms with Gasteiger partial charge in [0.2, 0.25) is 23.5 Å². The van der Waals surface area contributed by atoms with E-state index in [1.54, 1.807) is 41.7 Å². The Morgan fingerprint density at radius 2 is 1.65 bits per heavy atom. The van der Waals surface area contributed by atoms with Gasteiger partial charge < -0.3 is 36.0 Å². The fourth-order valence-corrected chi connectivity index (χ4v) is 9.19. The molecule has 1 aromatic carbocycles. The van der Waals surface area contributed by atoms with Crippen molar-refractivity contribution >= 4 is 65.0 Å². The second kappa shape index (κ2) is 19.3. The average Bonchev–Trinajstić information content (AvgIpc) is 3.47. The molecule has 0 aliphatic carbocycles. The summed E-state index contributed by atoms with van der Waals surface area (Å²) in [6.07, 6.45) is 1.86. The van der Waals surface area contributed by atoms with Gasteiger partial charge in [-0.1, -0.05) is 84.7 Å². The van der Waals surface area contributed by atoms with Crippen molar-refractivity contribution in [1.82, 2.24) is 26.2 Å². The van der Waals surface area contributed by atoms with Crippen molar-refractivity contribution in [3.05, 3.63) is 35.9 Å². The maximum atomic E-state index is 14.3. The maximum absolute atomic E-state index is 14.3.